The molecule has 2 rings (SSSR count). The second-order valence-electron chi connectivity index (χ2n) is 11.3. The lowest BCUT2D eigenvalue weighted by atomic mass is 9.70. The van der Waals surface area contributed by atoms with Crippen LogP contribution in [0.2, 0.25) is 0 Å². The maximum absolute atomic E-state index is 13.1. The van der Waals surface area contributed by atoms with E-state index in [1.807, 2.05) is 20.3 Å². The summed E-state index contributed by atoms with van der Waals surface area (Å²) in [7, 11) is 4.21. The lowest BCUT2D eigenvalue weighted by Gasteiger charge is -2.54. The van der Waals surface area contributed by atoms with E-state index in [2.05, 4.69) is 0 Å². The summed E-state index contributed by atoms with van der Waals surface area (Å²) in [5.41, 5.74) is -1.39. The van der Waals surface area contributed by atoms with Gasteiger partial charge in [0.1, 0.15) is 6.10 Å². The Balaban J connectivity index is 2.50. The predicted octanol–water partition coefficient (Wildman–Crippen LogP) is 0.572. The molecule has 2 fully saturated rings. The van der Waals surface area contributed by atoms with Gasteiger partial charge in [-0.1, -0.05) is 34.1 Å². The third-order valence-corrected chi connectivity index (χ3v) is 8.55. The van der Waals surface area contributed by atoms with Gasteiger partial charge in [0.25, 0.3) is 0 Å². The number of methoxy groups -OCH3 is 3. The summed E-state index contributed by atoms with van der Waals surface area (Å²) in [5, 5.41) is 54.7. The van der Waals surface area contributed by atoms with E-state index in [-0.39, 0.29) is 44.1 Å². The average Bonchev–Trinajstić information content (AvgIpc) is 2.89. The van der Waals surface area contributed by atoms with Gasteiger partial charge in [-0.25, -0.2) is 4.79 Å². The van der Waals surface area contributed by atoms with Gasteiger partial charge in [-0.3, -0.25) is 0 Å². The molecule has 224 valence electrons. The van der Waals surface area contributed by atoms with Crippen LogP contribution in [0.25, 0.3) is 0 Å². The van der Waals surface area contributed by atoms with Gasteiger partial charge in [-0.15, -0.1) is 11.8 Å². The van der Waals surface area contributed by atoms with Gasteiger partial charge in [-0.2, -0.15) is 0 Å². The largest absolute Gasteiger partial charge is 0.463 e. The first-order valence-electron chi connectivity index (χ1n) is 13.5. The normalized spacial score (nSPS) is 40.6. The van der Waals surface area contributed by atoms with Gasteiger partial charge in [0.15, 0.2) is 6.10 Å². The molecule has 2 aliphatic heterocycles. The quantitative estimate of drug-likeness (QED) is 0.212. The number of carbonyl (C=O) groups is 1. The molecule has 11 atom stereocenters. The molecule has 2 heterocycles. The maximum Gasteiger partial charge on any atom is 0.337 e. The van der Waals surface area contributed by atoms with Crippen LogP contribution in [-0.4, -0.2) is 114 Å². The molecular formula is C27H49O11-. The molecule has 0 aromatic carbocycles. The number of aliphatic hydroxyl groups is 5. The molecule has 0 aromatic rings. The number of hydrogen-bond acceptors (Lipinski definition) is 11. The Morgan fingerprint density at radius 3 is 2.16 bits per heavy atom. The molecule has 11 heteroatoms. The Bertz CT molecular complexity index is 730. The standard InChI is InChI=1S/C27H49O11/c1-8-16(14-28)9-15(2)19-10-17(34-5)13-22(29)26(3,4)27(33)24(31)21(36-7)12-18(38-27)11-20(35-6)23(30)25(32)37-19/h9,15-24,28-31,33H,8,10-14H2,1-7H3/q-1/t15?,16-,17+,18-,19-,20-,21+,22-,23+,24-,27-/m0/s1. The SMILES string of the molecule is CC[C@@H]([CH-]C(C)[C@@H]1C[C@@H](OC)C[C@H](O)C(C)(C)[C@@]2(O)O[C@@H](C[C@H](OC)[C@@H](O)C(=O)O1)C[C@@H](OC)[C@@H]2O)CO. The van der Waals surface area contributed by atoms with Crippen LogP contribution in [0.3, 0.4) is 0 Å². The zero-order chi connectivity index (χ0) is 28.8. The van der Waals surface area contributed by atoms with Gasteiger partial charge in [0, 0.05) is 59.0 Å². The van der Waals surface area contributed by atoms with Crippen LogP contribution >= 0.6 is 0 Å². The molecule has 0 radical (unpaired) electrons. The minimum atomic E-state index is -2.22. The summed E-state index contributed by atoms with van der Waals surface area (Å²) in [6.07, 6.45) is -5.40. The fourth-order valence-electron chi connectivity index (χ4n) is 5.48. The molecule has 0 saturated carbocycles. The van der Waals surface area contributed by atoms with Crippen molar-refractivity contribution in [1.82, 2.24) is 0 Å². The molecule has 11 nitrogen and oxygen atoms in total. The number of rotatable bonds is 8. The van der Waals surface area contributed by atoms with Crippen molar-refractivity contribution >= 4 is 5.97 Å². The van der Waals surface area contributed by atoms with E-state index in [9.17, 15) is 30.3 Å². The number of aliphatic hydroxyl groups excluding tert-OH is 4. The van der Waals surface area contributed by atoms with E-state index in [0.717, 1.165) is 0 Å². The summed E-state index contributed by atoms with van der Waals surface area (Å²) in [6.45, 7) is 6.94. The second-order valence-corrected chi connectivity index (χ2v) is 11.3. The second kappa shape index (κ2) is 14.1. The van der Waals surface area contributed by atoms with Crippen molar-refractivity contribution in [1.29, 1.82) is 0 Å². The van der Waals surface area contributed by atoms with Crippen LogP contribution in [0.5, 0.6) is 0 Å². The van der Waals surface area contributed by atoms with Gasteiger partial charge in [-0.05, 0) is 0 Å². The number of cyclic esters (lactones) is 1. The molecule has 0 amide bonds. The zero-order valence-electron chi connectivity index (χ0n) is 23.8. The fraction of sp³-hybridized carbons (Fsp3) is 0.926. The first kappa shape index (κ1) is 33.3. The van der Waals surface area contributed by atoms with Gasteiger partial charge in [0.05, 0.1) is 36.6 Å². The summed E-state index contributed by atoms with van der Waals surface area (Å²) < 4.78 is 28.3. The minimum Gasteiger partial charge on any atom is -0.463 e. The topological polar surface area (TPSA) is 164 Å². The monoisotopic (exact) mass is 549 g/mol. The lowest BCUT2D eigenvalue weighted by Crippen LogP contribution is -2.68. The van der Waals surface area contributed by atoms with Crippen molar-refractivity contribution < 1.29 is 54.0 Å². The summed E-state index contributed by atoms with van der Waals surface area (Å²) >= 11 is 0. The molecule has 5 N–H and O–H groups in total. The summed E-state index contributed by atoms with van der Waals surface area (Å²) in [4.78, 5) is 13.1. The third-order valence-electron chi connectivity index (χ3n) is 8.55. The predicted molar refractivity (Wildman–Crippen MR) is 137 cm³/mol. The van der Waals surface area contributed by atoms with Gasteiger partial charge in [0.2, 0.25) is 5.79 Å². The maximum atomic E-state index is 13.1. The van der Waals surface area contributed by atoms with Crippen molar-refractivity contribution in [3.63, 3.8) is 0 Å². The van der Waals surface area contributed by atoms with Gasteiger partial charge < -0.3 is 55.6 Å². The molecule has 0 spiro atoms. The molecule has 2 aliphatic rings. The molecular weight excluding hydrogens is 500 g/mol. The first-order chi connectivity index (χ1) is 17.8. The minimum absolute atomic E-state index is 0.0106. The summed E-state index contributed by atoms with van der Waals surface area (Å²) in [6, 6.07) is 0. The molecule has 38 heavy (non-hydrogen) atoms. The Hall–Kier alpha value is -0.890. The van der Waals surface area contributed by atoms with E-state index >= 15 is 0 Å². The van der Waals surface area contributed by atoms with E-state index in [4.69, 9.17) is 23.7 Å². The number of esters is 1. The highest BCUT2D eigenvalue weighted by Crippen LogP contribution is 2.46. The molecule has 0 aliphatic carbocycles. The fourth-order valence-corrected chi connectivity index (χ4v) is 5.48. The Morgan fingerprint density at radius 2 is 1.63 bits per heavy atom. The van der Waals surface area contributed by atoms with Crippen molar-refractivity contribution in [2.45, 2.75) is 114 Å². The van der Waals surface area contributed by atoms with Crippen molar-refractivity contribution in [3.05, 3.63) is 6.42 Å². The Kier molecular flexibility index (Phi) is 12.4. The Morgan fingerprint density at radius 1 is 1.03 bits per heavy atom. The molecule has 1 unspecified atom stereocenters. The van der Waals surface area contributed by atoms with Crippen LogP contribution in [0.4, 0.5) is 0 Å². The lowest BCUT2D eigenvalue weighted by molar-refractivity contribution is -0.379. The number of ether oxygens (including phenoxy) is 5. The zero-order valence-corrected chi connectivity index (χ0v) is 23.8. The highest BCUT2D eigenvalue weighted by atomic mass is 16.7. The van der Waals surface area contributed by atoms with Crippen LogP contribution in [0, 0.1) is 23.7 Å². The van der Waals surface area contributed by atoms with Crippen LogP contribution in [0.15, 0.2) is 0 Å². The highest BCUT2D eigenvalue weighted by molar-refractivity contribution is 5.75. The van der Waals surface area contributed by atoms with E-state index in [0.29, 0.717) is 6.42 Å². The molecule has 0 aromatic heterocycles. The first-order valence-corrected chi connectivity index (χ1v) is 13.5. The van der Waals surface area contributed by atoms with E-state index in [1.165, 1.54) is 21.3 Å². The van der Waals surface area contributed by atoms with Crippen LogP contribution in [0.1, 0.15) is 59.8 Å². The van der Waals surface area contributed by atoms with Crippen molar-refractivity contribution in [3.8, 4) is 0 Å². The van der Waals surface area contributed by atoms with E-state index in [1.54, 1.807) is 13.8 Å². The Labute approximate surface area is 226 Å². The smallest absolute Gasteiger partial charge is 0.337 e. The average molecular weight is 550 g/mol. The van der Waals surface area contributed by atoms with Gasteiger partial charge >= 0.3 is 5.97 Å². The highest BCUT2D eigenvalue weighted by Gasteiger charge is 2.60. The molecule has 2 bridgehead atoms. The number of carbonyl (C=O) groups excluding carboxylic acids is 1. The number of hydrogen-bond donors (Lipinski definition) is 5. The number of fused-ring (bicyclic) bond motifs is 2. The summed E-state index contributed by atoms with van der Waals surface area (Å²) in [5.74, 6) is -3.53. The van der Waals surface area contributed by atoms with Crippen molar-refractivity contribution in [2.75, 3.05) is 27.9 Å². The van der Waals surface area contributed by atoms with Crippen LogP contribution in [-0.2, 0) is 28.5 Å². The third kappa shape index (κ3) is 7.24. The van der Waals surface area contributed by atoms with Crippen LogP contribution < -0.4 is 0 Å². The van der Waals surface area contributed by atoms with Crippen molar-refractivity contribution in [2.24, 2.45) is 17.3 Å². The van der Waals surface area contributed by atoms with E-state index < -0.39 is 66.0 Å². The molecule has 2 saturated heterocycles.